The van der Waals surface area contributed by atoms with Crippen molar-refractivity contribution >= 4 is 29.2 Å². The van der Waals surface area contributed by atoms with Crippen LogP contribution in [-0.2, 0) is 6.42 Å². The molecule has 78 valence electrons. The Labute approximate surface area is 95.3 Å². The van der Waals surface area contributed by atoms with E-state index < -0.39 is 8.07 Å². The van der Waals surface area contributed by atoms with Gasteiger partial charge < -0.3 is 5.11 Å². The van der Waals surface area contributed by atoms with Crippen LogP contribution < -0.4 is 5.19 Å². The van der Waals surface area contributed by atoms with Crippen molar-refractivity contribution in [1.82, 2.24) is 0 Å². The predicted molar refractivity (Wildman–Crippen MR) is 68.2 cm³/mol. The minimum Gasteiger partial charge on any atom is -0.507 e. The Morgan fingerprint density at radius 2 is 1.86 bits per heavy atom. The highest BCUT2D eigenvalue weighted by Gasteiger charge is 2.22. The minimum atomic E-state index is -1.44. The molecule has 14 heavy (non-hydrogen) atoms. The fraction of sp³-hybridized carbons (Fsp3) is 0.455. The Hall–Kier alpha value is -0.283. The molecule has 0 amide bonds. The summed E-state index contributed by atoms with van der Waals surface area (Å²) in [6.07, 6.45) is 1.01. The van der Waals surface area contributed by atoms with Crippen LogP contribution in [0, 0.1) is 0 Å². The highest BCUT2D eigenvalue weighted by Crippen LogP contribution is 2.25. The lowest BCUT2D eigenvalue weighted by molar-refractivity contribution is 0.475. The van der Waals surface area contributed by atoms with Crippen molar-refractivity contribution in [1.29, 1.82) is 0 Å². The van der Waals surface area contributed by atoms with Gasteiger partial charge in [-0.05, 0) is 39.2 Å². The van der Waals surface area contributed by atoms with Gasteiger partial charge in [-0.2, -0.15) is 0 Å². The quantitative estimate of drug-likeness (QED) is 0.820. The lowest BCUT2D eigenvalue weighted by Gasteiger charge is -2.20. The number of rotatable bonds is 2. The van der Waals surface area contributed by atoms with Crippen molar-refractivity contribution in [2.45, 2.75) is 33.0 Å². The first-order valence-corrected chi connectivity index (χ1v) is 9.17. The van der Waals surface area contributed by atoms with Crippen LogP contribution in [0.5, 0.6) is 5.75 Å². The van der Waals surface area contributed by atoms with Crippen molar-refractivity contribution in [2.75, 3.05) is 0 Å². The monoisotopic (exact) mass is 272 g/mol. The van der Waals surface area contributed by atoms with E-state index in [1.165, 1.54) is 5.56 Å². The van der Waals surface area contributed by atoms with Crippen LogP contribution in [0.4, 0.5) is 0 Å². The molecule has 0 atom stereocenters. The summed E-state index contributed by atoms with van der Waals surface area (Å²) in [7, 11) is -1.44. The van der Waals surface area contributed by atoms with Gasteiger partial charge in [0.05, 0.1) is 12.5 Å². The highest BCUT2D eigenvalue weighted by molar-refractivity contribution is 9.10. The van der Waals surface area contributed by atoms with Crippen LogP contribution in [0.1, 0.15) is 12.5 Å². The maximum atomic E-state index is 9.94. The molecule has 0 saturated carbocycles. The van der Waals surface area contributed by atoms with E-state index in [9.17, 15) is 5.11 Å². The second-order valence-corrected chi connectivity index (χ2v) is 10.5. The molecule has 0 fully saturated rings. The SMILES string of the molecule is CCc1cc(Br)c(O)c([Si](C)(C)C)c1. The zero-order valence-corrected chi connectivity index (χ0v) is 11.8. The second-order valence-electron chi connectivity index (χ2n) is 4.58. The number of aromatic hydroxyl groups is 1. The van der Waals surface area contributed by atoms with Crippen LogP contribution in [0.15, 0.2) is 16.6 Å². The van der Waals surface area contributed by atoms with Gasteiger partial charge in [0.15, 0.2) is 0 Å². The molecule has 0 bridgehead atoms. The Balaban J connectivity index is 3.35. The van der Waals surface area contributed by atoms with Gasteiger partial charge in [0.1, 0.15) is 5.75 Å². The van der Waals surface area contributed by atoms with Crippen molar-refractivity contribution < 1.29 is 5.11 Å². The molecule has 1 N–H and O–H groups in total. The lowest BCUT2D eigenvalue weighted by Crippen LogP contribution is -2.38. The van der Waals surface area contributed by atoms with Gasteiger partial charge in [-0.1, -0.05) is 32.6 Å². The molecular weight excluding hydrogens is 256 g/mol. The van der Waals surface area contributed by atoms with E-state index in [4.69, 9.17) is 0 Å². The van der Waals surface area contributed by atoms with E-state index in [-0.39, 0.29) is 0 Å². The normalized spacial score (nSPS) is 11.8. The summed E-state index contributed by atoms with van der Waals surface area (Å²) in [5, 5.41) is 11.1. The maximum absolute atomic E-state index is 9.94. The lowest BCUT2D eigenvalue weighted by atomic mass is 10.2. The number of hydrogen-bond acceptors (Lipinski definition) is 1. The molecule has 1 nitrogen and oxygen atoms in total. The Morgan fingerprint density at radius 3 is 2.29 bits per heavy atom. The van der Waals surface area contributed by atoms with E-state index >= 15 is 0 Å². The molecular formula is C11H17BrOSi. The fourth-order valence-electron chi connectivity index (χ4n) is 1.43. The number of phenolic OH excluding ortho intramolecular Hbond substituents is 1. The summed E-state index contributed by atoms with van der Waals surface area (Å²) in [6.45, 7) is 8.86. The molecule has 0 aliphatic carbocycles. The minimum absolute atomic E-state index is 0.432. The summed E-state index contributed by atoms with van der Waals surface area (Å²) >= 11 is 3.40. The van der Waals surface area contributed by atoms with Crippen LogP contribution in [-0.4, -0.2) is 13.2 Å². The molecule has 0 saturated heterocycles. The third kappa shape index (κ3) is 2.39. The maximum Gasteiger partial charge on any atom is 0.128 e. The van der Waals surface area contributed by atoms with Crippen molar-refractivity contribution in [3.8, 4) is 5.75 Å². The van der Waals surface area contributed by atoms with Gasteiger partial charge in [0, 0.05) is 0 Å². The first-order valence-electron chi connectivity index (χ1n) is 4.88. The summed E-state index contributed by atoms with van der Waals surface area (Å²) in [5.41, 5.74) is 1.28. The number of hydrogen-bond donors (Lipinski definition) is 1. The van der Waals surface area contributed by atoms with Crippen LogP contribution in [0.25, 0.3) is 0 Å². The molecule has 1 aromatic carbocycles. The van der Waals surface area contributed by atoms with Gasteiger partial charge in [-0.3, -0.25) is 0 Å². The van der Waals surface area contributed by atoms with Gasteiger partial charge in [-0.25, -0.2) is 0 Å². The third-order valence-corrected chi connectivity index (χ3v) is 4.94. The van der Waals surface area contributed by atoms with E-state index in [2.05, 4.69) is 48.6 Å². The van der Waals surface area contributed by atoms with E-state index in [0.29, 0.717) is 5.75 Å². The molecule has 0 aromatic heterocycles. The molecule has 0 spiro atoms. The van der Waals surface area contributed by atoms with Crippen LogP contribution >= 0.6 is 15.9 Å². The van der Waals surface area contributed by atoms with Gasteiger partial charge in [-0.15, -0.1) is 0 Å². The third-order valence-electron chi connectivity index (χ3n) is 2.34. The predicted octanol–water partition coefficient (Wildman–Crippen LogP) is 3.26. The van der Waals surface area contributed by atoms with E-state index in [1.54, 1.807) is 0 Å². The molecule has 0 radical (unpaired) electrons. The van der Waals surface area contributed by atoms with Crippen molar-refractivity contribution in [3.05, 3.63) is 22.2 Å². The van der Waals surface area contributed by atoms with Crippen molar-refractivity contribution in [3.63, 3.8) is 0 Å². The summed E-state index contributed by atoms with van der Waals surface area (Å²) in [6, 6.07) is 4.14. The van der Waals surface area contributed by atoms with Crippen molar-refractivity contribution in [2.24, 2.45) is 0 Å². The van der Waals surface area contributed by atoms with Crippen LogP contribution in [0.3, 0.4) is 0 Å². The number of phenols is 1. The summed E-state index contributed by atoms with van der Waals surface area (Å²) in [4.78, 5) is 0. The Bertz CT molecular complexity index is 342. The van der Waals surface area contributed by atoms with Gasteiger partial charge in [0.2, 0.25) is 0 Å². The number of aryl methyl sites for hydroxylation is 1. The topological polar surface area (TPSA) is 20.2 Å². The number of halogens is 1. The largest absolute Gasteiger partial charge is 0.507 e. The first kappa shape index (κ1) is 11.8. The molecule has 1 rings (SSSR count). The molecule has 0 aliphatic heterocycles. The standard InChI is InChI=1S/C11H17BrOSi/c1-5-8-6-9(12)11(13)10(7-8)14(2,3)4/h6-7,13H,5H2,1-4H3. The molecule has 0 unspecified atom stereocenters. The van der Waals surface area contributed by atoms with Gasteiger partial charge >= 0.3 is 0 Å². The molecule has 1 aromatic rings. The Kier molecular flexibility index (Phi) is 3.43. The zero-order valence-electron chi connectivity index (χ0n) is 9.19. The summed E-state index contributed by atoms with van der Waals surface area (Å²) < 4.78 is 0.828. The molecule has 3 heteroatoms. The highest BCUT2D eigenvalue weighted by atomic mass is 79.9. The second kappa shape index (κ2) is 4.07. The average molecular weight is 273 g/mol. The first-order chi connectivity index (χ1) is 6.36. The van der Waals surface area contributed by atoms with E-state index in [1.807, 2.05) is 6.07 Å². The van der Waals surface area contributed by atoms with E-state index in [0.717, 1.165) is 16.1 Å². The average Bonchev–Trinajstić information content (AvgIpc) is 2.07. The van der Waals surface area contributed by atoms with Gasteiger partial charge in [0.25, 0.3) is 0 Å². The smallest absolute Gasteiger partial charge is 0.128 e. The zero-order chi connectivity index (χ0) is 10.9. The molecule has 0 heterocycles. The summed E-state index contributed by atoms with van der Waals surface area (Å²) in [5.74, 6) is 0.432. The number of benzene rings is 1. The van der Waals surface area contributed by atoms with Crippen LogP contribution in [0.2, 0.25) is 19.6 Å². The Morgan fingerprint density at radius 1 is 1.29 bits per heavy atom. The fourth-order valence-corrected chi connectivity index (χ4v) is 3.59. The molecule has 0 aliphatic rings.